The van der Waals surface area contributed by atoms with Crippen LogP contribution in [0.3, 0.4) is 0 Å². The molecule has 0 spiro atoms. The van der Waals surface area contributed by atoms with Gasteiger partial charge in [-0.15, -0.1) is 11.3 Å². The molecule has 1 amide bonds. The van der Waals surface area contributed by atoms with Crippen LogP contribution in [0.15, 0.2) is 46.0 Å². The first-order chi connectivity index (χ1) is 13.0. The summed E-state index contributed by atoms with van der Waals surface area (Å²) in [6, 6.07) is 7.36. The number of sulfonamides is 1. The zero-order valence-electron chi connectivity index (χ0n) is 15.4. The van der Waals surface area contributed by atoms with Gasteiger partial charge in [0.05, 0.1) is 11.6 Å². The average molecular weight is 435 g/mol. The van der Waals surface area contributed by atoms with Crippen molar-refractivity contribution in [2.45, 2.75) is 36.2 Å². The maximum atomic E-state index is 12.8. The fraction of sp³-hybridized carbons (Fsp3) is 0.389. The minimum atomic E-state index is -4.45. The molecule has 1 atom stereocenters. The van der Waals surface area contributed by atoms with E-state index in [1.54, 1.807) is 18.4 Å². The molecule has 0 radical (unpaired) electrons. The molecule has 0 aliphatic carbocycles. The largest absolute Gasteiger partial charge is 0.416 e. The molecule has 154 valence electrons. The van der Waals surface area contributed by atoms with Crippen molar-refractivity contribution in [3.8, 4) is 0 Å². The second kappa shape index (κ2) is 9.06. The molecule has 1 aromatic carbocycles. The number of carbonyl (C=O) groups is 1. The van der Waals surface area contributed by atoms with Gasteiger partial charge in [0.1, 0.15) is 4.21 Å². The number of nitrogens with one attached hydrogen (secondary N) is 1. The van der Waals surface area contributed by atoms with Gasteiger partial charge in [-0.05, 0) is 42.5 Å². The molecule has 1 N–H and O–H groups in total. The molecule has 0 fully saturated rings. The molecule has 1 unspecified atom stereocenters. The molecule has 0 saturated heterocycles. The van der Waals surface area contributed by atoms with Gasteiger partial charge in [0.25, 0.3) is 10.0 Å². The predicted octanol–water partition coefficient (Wildman–Crippen LogP) is 4.05. The number of benzene rings is 1. The fourth-order valence-electron chi connectivity index (χ4n) is 2.53. The van der Waals surface area contributed by atoms with Crippen molar-refractivity contribution < 1.29 is 26.4 Å². The Labute approximate surface area is 166 Å². The van der Waals surface area contributed by atoms with Crippen LogP contribution >= 0.6 is 11.3 Å². The third-order valence-electron chi connectivity index (χ3n) is 4.13. The van der Waals surface area contributed by atoms with E-state index in [9.17, 15) is 26.4 Å². The highest BCUT2D eigenvalue weighted by molar-refractivity contribution is 7.91. The number of rotatable bonds is 8. The van der Waals surface area contributed by atoms with Crippen LogP contribution in [0.1, 0.15) is 36.9 Å². The molecule has 0 aliphatic heterocycles. The quantitative estimate of drug-likeness (QED) is 0.682. The van der Waals surface area contributed by atoms with Gasteiger partial charge in [-0.2, -0.15) is 13.2 Å². The van der Waals surface area contributed by atoms with E-state index in [-0.39, 0.29) is 23.1 Å². The number of amides is 1. The highest BCUT2D eigenvalue weighted by Crippen LogP contribution is 2.30. The van der Waals surface area contributed by atoms with Gasteiger partial charge >= 0.3 is 6.18 Å². The second-order valence-electron chi connectivity index (χ2n) is 6.27. The van der Waals surface area contributed by atoms with Crippen LogP contribution in [0.2, 0.25) is 0 Å². The van der Waals surface area contributed by atoms with Crippen molar-refractivity contribution in [3.63, 3.8) is 0 Å². The van der Waals surface area contributed by atoms with Gasteiger partial charge in [0, 0.05) is 20.0 Å². The summed E-state index contributed by atoms with van der Waals surface area (Å²) < 4.78 is 64.4. The zero-order valence-corrected chi connectivity index (χ0v) is 17.0. The lowest BCUT2D eigenvalue weighted by Gasteiger charge is -2.18. The first-order valence-corrected chi connectivity index (χ1v) is 10.8. The highest BCUT2D eigenvalue weighted by Gasteiger charge is 2.30. The Kier molecular flexibility index (Phi) is 7.24. The lowest BCUT2D eigenvalue weighted by molar-refractivity contribution is -0.137. The Balaban J connectivity index is 1.86. The van der Waals surface area contributed by atoms with Gasteiger partial charge in [-0.25, -0.2) is 12.7 Å². The van der Waals surface area contributed by atoms with Crippen molar-refractivity contribution >= 4 is 27.3 Å². The van der Waals surface area contributed by atoms with Crippen molar-refractivity contribution in [2.24, 2.45) is 0 Å². The van der Waals surface area contributed by atoms with E-state index in [1.165, 1.54) is 29.6 Å². The van der Waals surface area contributed by atoms with Crippen molar-refractivity contribution in [1.82, 2.24) is 9.62 Å². The summed E-state index contributed by atoms with van der Waals surface area (Å²) >= 11 is 1.12. The smallest absolute Gasteiger partial charge is 0.350 e. The lowest BCUT2D eigenvalue weighted by Crippen LogP contribution is -2.30. The third-order valence-corrected chi connectivity index (χ3v) is 7.36. The van der Waals surface area contributed by atoms with E-state index in [0.717, 1.165) is 23.5 Å². The Hall–Kier alpha value is -1.91. The maximum Gasteiger partial charge on any atom is 0.416 e. The van der Waals surface area contributed by atoms with Gasteiger partial charge in [0.15, 0.2) is 0 Å². The summed E-state index contributed by atoms with van der Waals surface area (Å²) in [6.07, 6.45) is -4.09. The molecule has 28 heavy (non-hydrogen) atoms. The van der Waals surface area contributed by atoms with Gasteiger partial charge in [0.2, 0.25) is 5.91 Å². The second-order valence-corrected chi connectivity index (χ2v) is 9.49. The lowest BCUT2D eigenvalue weighted by atomic mass is 10.0. The van der Waals surface area contributed by atoms with Crippen LogP contribution in [-0.2, 0) is 21.0 Å². The van der Waals surface area contributed by atoms with Crippen LogP contribution in [0.25, 0.3) is 0 Å². The minimum Gasteiger partial charge on any atom is -0.350 e. The Morgan fingerprint density at radius 1 is 1.25 bits per heavy atom. The first-order valence-electron chi connectivity index (χ1n) is 8.48. The molecule has 0 aliphatic rings. The Morgan fingerprint density at radius 3 is 2.57 bits per heavy atom. The van der Waals surface area contributed by atoms with Crippen LogP contribution in [-0.4, -0.2) is 32.2 Å². The summed E-state index contributed by atoms with van der Waals surface area (Å²) in [5, 5.41) is 4.31. The molecule has 0 saturated carbocycles. The number of nitrogens with zero attached hydrogens (tertiary/aromatic N) is 1. The van der Waals surface area contributed by atoms with Gasteiger partial charge in [-0.1, -0.05) is 18.2 Å². The number of alkyl halides is 3. The summed E-state index contributed by atoms with van der Waals surface area (Å²) in [7, 11) is -2.12. The molecule has 10 heteroatoms. The van der Waals surface area contributed by atoms with Crippen LogP contribution in [0.5, 0.6) is 0 Å². The van der Waals surface area contributed by atoms with Crippen molar-refractivity contribution in [2.75, 3.05) is 13.6 Å². The Bertz CT molecular complexity index is 897. The van der Waals surface area contributed by atoms with E-state index in [0.29, 0.717) is 12.0 Å². The number of halogens is 3. The standard InChI is InChI=1S/C18H21F3N2O3S2/c1-13(14-6-3-7-15(12-14)18(19,20)21)22-16(24)8-4-10-23(2)28(25,26)17-9-5-11-27-17/h3,5-7,9,11-13H,4,8,10H2,1-2H3,(H,22,24). The monoisotopic (exact) mass is 434 g/mol. The number of hydrogen-bond acceptors (Lipinski definition) is 4. The molecule has 0 bridgehead atoms. The topological polar surface area (TPSA) is 66.5 Å². The van der Waals surface area contributed by atoms with Crippen molar-refractivity contribution in [3.05, 3.63) is 52.9 Å². The fourth-order valence-corrected chi connectivity index (χ4v) is 4.94. The molecule has 2 aromatic rings. The van der Waals surface area contributed by atoms with E-state index >= 15 is 0 Å². The summed E-state index contributed by atoms with van der Waals surface area (Å²) in [4.78, 5) is 12.1. The van der Waals surface area contributed by atoms with E-state index in [1.807, 2.05) is 0 Å². The van der Waals surface area contributed by atoms with Gasteiger partial charge < -0.3 is 5.32 Å². The highest BCUT2D eigenvalue weighted by atomic mass is 32.2. The SMILES string of the molecule is CC(NC(=O)CCCN(C)S(=O)(=O)c1cccs1)c1cccc(C(F)(F)F)c1. The number of carbonyl (C=O) groups excluding carboxylic acids is 1. The van der Waals surface area contributed by atoms with Crippen molar-refractivity contribution in [1.29, 1.82) is 0 Å². The van der Waals surface area contributed by atoms with E-state index in [2.05, 4.69) is 5.32 Å². The third kappa shape index (κ3) is 5.79. The molecular weight excluding hydrogens is 413 g/mol. The van der Waals surface area contributed by atoms with Crippen LogP contribution in [0, 0.1) is 0 Å². The average Bonchev–Trinajstić information content (AvgIpc) is 3.16. The predicted molar refractivity (Wildman–Crippen MR) is 101 cm³/mol. The first kappa shape index (κ1) is 22.4. The summed E-state index contributed by atoms with van der Waals surface area (Å²) in [6.45, 7) is 1.76. The Morgan fingerprint density at radius 2 is 1.96 bits per heavy atom. The molecular formula is C18H21F3N2O3S2. The van der Waals surface area contributed by atoms with Crippen LogP contribution < -0.4 is 5.32 Å². The summed E-state index contributed by atoms with van der Waals surface area (Å²) in [5.74, 6) is -0.355. The zero-order chi connectivity index (χ0) is 20.9. The molecule has 2 rings (SSSR count). The molecule has 1 aromatic heterocycles. The van der Waals surface area contributed by atoms with Crippen LogP contribution in [0.4, 0.5) is 13.2 Å². The molecule has 5 nitrogen and oxygen atoms in total. The summed E-state index contributed by atoms with van der Waals surface area (Å²) in [5.41, 5.74) is -0.424. The minimum absolute atomic E-state index is 0.0631. The normalized spacial score (nSPS) is 13.5. The van der Waals surface area contributed by atoms with Gasteiger partial charge in [-0.3, -0.25) is 4.79 Å². The maximum absolute atomic E-state index is 12.8. The number of hydrogen-bond donors (Lipinski definition) is 1. The van der Waals surface area contributed by atoms with E-state index < -0.39 is 27.8 Å². The molecule has 1 heterocycles. The van der Waals surface area contributed by atoms with E-state index in [4.69, 9.17) is 0 Å². The number of thiophene rings is 1.